The Hall–Kier alpha value is -0.0800. The summed E-state index contributed by atoms with van der Waals surface area (Å²) in [6.45, 7) is 9.03. The first-order valence-electron chi connectivity index (χ1n) is 5.15. The van der Waals surface area contributed by atoms with Crippen LogP contribution in [-0.4, -0.2) is 23.1 Å². The zero-order chi connectivity index (χ0) is 9.14. The summed E-state index contributed by atoms with van der Waals surface area (Å²) in [4.78, 5) is 0. The van der Waals surface area contributed by atoms with Gasteiger partial charge in [0.2, 0.25) is 0 Å². The first-order chi connectivity index (χ1) is 5.61. The Morgan fingerprint density at radius 3 is 2.08 bits per heavy atom. The van der Waals surface area contributed by atoms with E-state index >= 15 is 0 Å². The van der Waals surface area contributed by atoms with Gasteiger partial charge in [0.25, 0.3) is 0 Å². The molecular formula is C10H22N2. The summed E-state index contributed by atoms with van der Waals surface area (Å²) >= 11 is 0. The van der Waals surface area contributed by atoms with Crippen molar-refractivity contribution in [2.75, 3.05) is 0 Å². The number of piperidine rings is 1. The molecule has 0 amide bonds. The smallest absolute Gasteiger partial charge is 0.0218 e. The van der Waals surface area contributed by atoms with Gasteiger partial charge in [-0.05, 0) is 40.5 Å². The van der Waals surface area contributed by atoms with Gasteiger partial charge in [-0.1, -0.05) is 6.42 Å². The third-order valence-corrected chi connectivity index (χ3v) is 2.60. The van der Waals surface area contributed by atoms with E-state index in [4.69, 9.17) is 0 Å². The maximum atomic E-state index is 3.51. The van der Waals surface area contributed by atoms with E-state index in [0.29, 0.717) is 18.1 Å². The molecule has 0 aromatic heterocycles. The van der Waals surface area contributed by atoms with Crippen molar-refractivity contribution in [1.82, 2.24) is 10.4 Å². The van der Waals surface area contributed by atoms with Gasteiger partial charge in [0.1, 0.15) is 0 Å². The lowest BCUT2D eigenvalue weighted by molar-refractivity contribution is 0.0351. The van der Waals surface area contributed by atoms with E-state index in [1.807, 2.05) is 0 Å². The van der Waals surface area contributed by atoms with Crippen LogP contribution in [0.25, 0.3) is 0 Å². The number of hydrogen-bond donors (Lipinski definition) is 1. The van der Waals surface area contributed by atoms with Crippen LogP contribution in [0.15, 0.2) is 0 Å². The van der Waals surface area contributed by atoms with Crippen molar-refractivity contribution < 1.29 is 0 Å². The monoisotopic (exact) mass is 170 g/mol. The quantitative estimate of drug-likeness (QED) is 0.683. The van der Waals surface area contributed by atoms with Crippen molar-refractivity contribution in [3.05, 3.63) is 0 Å². The van der Waals surface area contributed by atoms with Gasteiger partial charge in [-0.2, -0.15) is 0 Å². The minimum atomic E-state index is 0.563. The molecular weight excluding hydrogens is 148 g/mol. The van der Waals surface area contributed by atoms with Crippen molar-refractivity contribution in [3.63, 3.8) is 0 Å². The molecule has 1 aliphatic heterocycles. The maximum Gasteiger partial charge on any atom is 0.0218 e. The highest BCUT2D eigenvalue weighted by Crippen LogP contribution is 2.20. The third-order valence-electron chi connectivity index (χ3n) is 2.60. The van der Waals surface area contributed by atoms with Gasteiger partial charge >= 0.3 is 0 Å². The number of rotatable bonds is 2. The van der Waals surface area contributed by atoms with Crippen LogP contribution in [0.2, 0.25) is 0 Å². The van der Waals surface area contributed by atoms with Gasteiger partial charge in [-0.25, -0.2) is 5.01 Å². The molecule has 1 heterocycles. The summed E-state index contributed by atoms with van der Waals surface area (Å²) in [5.74, 6) is 0. The summed E-state index contributed by atoms with van der Waals surface area (Å²) in [5, 5.41) is 2.42. The Labute approximate surface area is 76.3 Å². The fraction of sp³-hybridized carbons (Fsp3) is 1.00. The van der Waals surface area contributed by atoms with E-state index in [2.05, 4.69) is 38.1 Å². The normalized spacial score (nSPS) is 32.8. The Morgan fingerprint density at radius 2 is 1.67 bits per heavy atom. The van der Waals surface area contributed by atoms with Gasteiger partial charge in [0.05, 0.1) is 0 Å². The van der Waals surface area contributed by atoms with Gasteiger partial charge in [-0.15, -0.1) is 0 Å². The molecule has 2 unspecified atom stereocenters. The molecule has 2 heteroatoms. The molecule has 1 N–H and O–H groups in total. The van der Waals surface area contributed by atoms with Gasteiger partial charge in [-0.3, -0.25) is 5.43 Å². The molecule has 0 radical (unpaired) electrons. The van der Waals surface area contributed by atoms with E-state index in [1.165, 1.54) is 19.3 Å². The maximum absolute atomic E-state index is 3.51. The van der Waals surface area contributed by atoms with Crippen LogP contribution in [0.1, 0.15) is 47.0 Å². The Kier molecular flexibility index (Phi) is 3.53. The third kappa shape index (κ3) is 2.46. The zero-order valence-corrected chi connectivity index (χ0v) is 8.80. The Morgan fingerprint density at radius 1 is 1.17 bits per heavy atom. The summed E-state index contributed by atoms with van der Waals surface area (Å²) in [5.41, 5.74) is 3.51. The number of hydrazine groups is 1. The summed E-state index contributed by atoms with van der Waals surface area (Å²) in [6, 6.07) is 1.97. The first kappa shape index (κ1) is 10.0. The predicted molar refractivity (Wildman–Crippen MR) is 52.9 cm³/mol. The molecule has 2 nitrogen and oxygen atoms in total. The fourth-order valence-electron chi connectivity index (χ4n) is 1.97. The standard InChI is InChI=1S/C10H22N2/c1-8(2)11-12-9(3)6-5-7-10(12)4/h8-11H,5-7H2,1-4H3. The minimum absolute atomic E-state index is 0.563. The first-order valence-corrected chi connectivity index (χ1v) is 5.15. The van der Waals surface area contributed by atoms with Crippen LogP contribution in [0.5, 0.6) is 0 Å². The summed E-state index contributed by atoms with van der Waals surface area (Å²) in [6.07, 6.45) is 4.06. The molecule has 0 saturated carbocycles. The largest absolute Gasteiger partial charge is 0.252 e. The lowest BCUT2D eigenvalue weighted by atomic mass is 10.00. The van der Waals surface area contributed by atoms with Crippen molar-refractivity contribution in [2.24, 2.45) is 0 Å². The van der Waals surface area contributed by atoms with Gasteiger partial charge in [0.15, 0.2) is 0 Å². The van der Waals surface area contributed by atoms with E-state index in [1.54, 1.807) is 0 Å². The van der Waals surface area contributed by atoms with Crippen LogP contribution < -0.4 is 5.43 Å². The van der Waals surface area contributed by atoms with Gasteiger partial charge < -0.3 is 0 Å². The topological polar surface area (TPSA) is 15.3 Å². The van der Waals surface area contributed by atoms with Crippen molar-refractivity contribution >= 4 is 0 Å². The van der Waals surface area contributed by atoms with E-state index < -0.39 is 0 Å². The van der Waals surface area contributed by atoms with Crippen molar-refractivity contribution in [2.45, 2.75) is 65.1 Å². The second kappa shape index (κ2) is 4.24. The zero-order valence-electron chi connectivity index (χ0n) is 8.80. The van der Waals surface area contributed by atoms with E-state index in [-0.39, 0.29) is 0 Å². The molecule has 0 aliphatic carbocycles. The van der Waals surface area contributed by atoms with Crippen molar-refractivity contribution in [3.8, 4) is 0 Å². The van der Waals surface area contributed by atoms with E-state index in [9.17, 15) is 0 Å². The molecule has 0 aromatic carbocycles. The Bertz CT molecular complexity index is 124. The number of hydrogen-bond acceptors (Lipinski definition) is 2. The summed E-state index contributed by atoms with van der Waals surface area (Å²) in [7, 11) is 0. The summed E-state index contributed by atoms with van der Waals surface area (Å²) < 4.78 is 0. The Balaban J connectivity index is 2.45. The second-order valence-electron chi connectivity index (χ2n) is 4.32. The molecule has 1 fully saturated rings. The van der Waals surface area contributed by atoms with E-state index in [0.717, 1.165) is 0 Å². The second-order valence-corrected chi connectivity index (χ2v) is 4.32. The average molecular weight is 170 g/mol. The van der Waals surface area contributed by atoms with Crippen LogP contribution in [0, 0.1) is 0 Å². The predicted octanol–water partition coefficient (Wildman–Crippen LogP) is 2.16. The van der Waals surface area contributed by atoms with Crippen LogP contribution in [0.3, 0.4) is 0 Å². The van der Waals surface area contributed by atoms with Crippen LogP contribution >= 0.6 is 0 Å². The van der Waals surface area contributed by atoms with Crippen LogP contribution in [-0.2, 0) is 0 Å². The lowest BCUT2D eigenvalue weighted by Crippen LogP contribution is -2.54. The molecule has 1 saturated heterocycles. The molecule has 0 bridgehead atoms. The van der Waals surface area contributed by atoms with Crippen LogP contribution in [0.4, 0.5) is 0 Å². The average Bonchev–Trinajstić information content (AvgIpc) is 1.97. The van der Waals surface area contributed by atoms with Crippen molar-refractivity contribution in [1.29, 1.82) is 0 Å². The highest BCUT2D eigenvalue weighted by molar-refractivity contribution is 4.77. The highest BCUT2D eigenvalue weighted by atomic mass is 15.5. The number of nitrogens with one attached hydrogen (secondary N) is 1. The highest BCUT2D eigenvalue weighted by Gasteiger charge is 2.24. The minimum Gasteiger partial charge on any atom is -0.252 e. The molecule has 72 valence electrons. The lowest BCUT2D eigenvalue weighted by Gasteiger charge is -2.40. The number of nitrogens with zero attached hydrogens (tertiary/aromatic N) is 1. The molecule has 1 aliphatic rings. The molecule has 2 atom stereocenters. The molecule has 0 aromatic rings. The SMILES string of the molecule is CC(C)NN1C(C)CCCC1C. The molecule has 12 heavy (non-hydrogen) atoms. The molecule has 0 spiro atoms. The van der Waals surface area contributed by atoms with Gasteiger partial charge in [0, 0.05) is 18.1 Å². The molecule has 1 rings (SSSR count). The fourth-order valence-corrected chi connectivity index (χ4v) is 1.97.